The van der Waals surface area contributed by atoms with Gasteiger partial charge >= 0.3 is 6.18 Å². The molecule has 1 saturated heterocycles. The first-order valence-corrected chi connectivity index (χ1v) is 8.38. The van der Waals surface area contributed by atoms with E-state index in [0.717, 1.165) is 49.3 Å². The van der Waals surface area contributed by atoms with Gasteiger partial charge < -0.3 is 10.2 Å². The van der Waals surface area contributed by atoms with Crippen LogP contribution < -0.4 is 5.32 Å². The molecule has 24 heavy (non-hydrogen) atoms. The fourth-order valence-electron chi connectivity index (χ4n) is 3.11. The number of hydrogen-bond donors (Lipinski definition) is 1. The smallest absolute Gasteiger partial charge is 0.352 e. The first-order chi connectivity index (χ1) is 11.3. The molecular formula is C16H25F3N4O. The zero-order valence-corrected chi connectivity index (χ0v) is 14.2. The number of carbonyl (C=O) groups is 1. The van der Waals surface area contributed by atoms with Crippen LogP contribution in [0.25, 0.3) is 0 Å². The van der Waals surface area contributed by atoms with Gasteiger partial charge in [-0.05, 0) is 44.7 Å². The summed E-state index contributed by atoms with van der Waals surface area (Å²) < 4.78 is 39.5. The number of unbranched alkanes of at least 4 members (excludes halogenated alkanes) is 1. The second-order valence-corrected chi connectivity index (χ2v) is 6.57. The molecule has 1 amide bonds. The molecular weight excluding hydrogens is 321 g/mol. The monoisotopic (exact) mass is 346 g/mol. The van der Waals surface area contributed by atoms with E-state index in [4.69, 9.17) is 0 Å². The normalized spacial score (nSPS) is 19.5. The van der Waals surface area contributed by atoms with Gasteiger partial charge in [0.05, 0.1) is 5.56 Å². The van der Waals surface area contributed by atoms with Crippen molar-refractivity contribution in [3.8, 4) is 0 Å². The molecule has 1 aliphatic heterocycles. The maximum absolute atomic E-state index is 12.8. The van der Waals surface area contributed by atoms with Gasteiger partial charge in [0.1, 0.15) is 0 Å². The van der Waals surface area contributed by atoms with Crippen molar-refractivity contribution in [3.63, 3.8) is 0 Å². The Morgan fingerprint density at radius 2 is 2.17 bits per heavy atom. The van der Waals surface area contributed by atoms with Crippen LogP contribution in [0.1, 0.15) is 48.7 Å². The Kier molecular flexibility index (Phi) is 6.26. The standard InChI is InChI=1S/C16H25F3N4O/c1-12-6-5-9-23(10-12)8-4-3-7-20-15(24)13-11-22(2)21-14(13)16(17,18)19/h11-12H,3-10H2,1-2H3,(H,20,24). The van der Waals surface area contributed by atoms with Crippen molar-refractivity contribution in [2.24, 2.45) is 13.0 Å². The van der Waals surface area contributed by atoms with Crippen molar-refractivity contribution in [2.75, 3.05) is 26.2 Å². The number of piperidine rings is 1. The van der Waals surface area contributed by atoms with Crippen LogP contribution in [-0.4, -0.2) is 46.8 Å². The van der Waals surface area contributed by atoms with Gasteiger partial charge in [-0.1, -0.05) is 6.92 Å². The van der Waals surface area contributed by atoms with Gasteiger partial charge in [0.2, 0.25) is 0 Å². The Bertz CT molecular complexity index is 556. The third kappa shape index (κ3) is 5.22. The fourth-order valence-corrected chi connectivity index (χ4v) is 3.11. The molecule has 1 fully saturated rings. The molecule has 0 aromatic carbocycles. The summed E-state index contributed by atoms with van der Waals surface area (Å²) in [4.78, 5) is 14.4. The third-order valence-electron chi connectivity index (χ3n) is 4.27. The molecule has 136 valence electrons. The van der Waals surface area contributed by atoms with Crippen LogP contribution in [0.4, 0.5) is 13.2 Å². The van der Waals surface area contributed by atoms with Gasteiger partial charge in [0, 0.05) is 26.3 Å². The molecule has 8 heteroatoms. The number of carbonyl (C=O) groups excluding carboxylic acids is 1. The van der Waals surface area contributed by atoms with E-state index < -0.39 is 23.3 Å². The lowest BCUT2D eigenvalue weighted by molar-refractivity contribution is -0.141. The average molecular weight is 346 g/mol. The first kappa shape index (κ1) is 18.8. The summed E-state index contributed by atoms with van der Waals surface area (Å²) in [7, 11) is 1.37. The van der Waals surface area contributed by atoms with E-state index in [9.17, 15) is 18.0 Å². The van der Waals surface area contributed by atoms with E-state index in [1.807, 2.05) is 0 Å². The van der Waals surface area contributed by atoms with Crippen molar-refractivity contribution < 1.29 is 18.0 Å². The number of halogens is 3. The molecule has 1 aromatic heterocycles. The number of rotatable bonds is 6. The molecule has 2 heterocycles. The number of hydrogen-bond acceptors (Lipinski definition) is 3. The maximum atomic E-state index is 12.8. The molecule has 1 atom stereocenters. The Morgan fingerprint density at radius 3 is 2.83 bits per heavy atom. The number of amides is 1. The second kappa shape index (κ2) is 8.00. The molecule has 0 aliphatic carbocycles. The van der Waals surface area contributed by atoms with Crippen molar-refractivity contribution in [3.05, 3.63) is 17.5 Å². The zero-order chi connectivity index (χ0) is 17.7. The van der Waals surface area contributed by atoms with Crippen LogP contribution in [0.15, 0.2) is 6.20 Å². The Labute approximate surface area is 140 Å². The molecule has 5 nitrogen and oxygen atoms in total. The van der Waals surface area contributed by atoms with Crippen LogP contribution in [0.3, 0.4) is 0 Å². The molecule has 1 unspecified atom stereocenters. The highest BCUT2D eigenvalue weighted by atomic mass is 19.4. The fraction of sp³-hybridized carbons (Fsp3) is 0.750. The summed E-state index contributed by atoms with van der Waals surface area (Å²) >= 11 is 0. The molecule has 0 bridgehead atoms. The van der Waals surface area contributed by atoms with E-state index in [1.54, 1.807) is 0 Å². The van der Waals surface area contributed by atoms with Gasteiger partial charge in [-0.25, -0.2) is 0 Å². The molecule has 1 aromatic rings. The van der Waals surface area contributed by atoms with Crippen LogP contribution in [0, 0.1) is 5.92 Å². The summed E-state index contributed by atoms with van der Waals surface area (Å²) in [6.45, 7) is 5.81. The molecule has 0 radical (unpaired) electrons. The van der Waals surface area contributed by atoms with E-state index in [-0.39, 0.29) is 0 Å². The van der Waals surface area contributed by atoms with E-state index in [2.05, 4.69) is 22.2 Å². The van der Waals surface area contributed by atoms with Crippen LogP contribution in [-0.2, 0) is 13.2 Å². The van der Waals surface area contributed by atoms with Crippen LogP contribution >= 0.6 is 0 Å². The van der Waals surface area contributed by atoms with E-state index >= 15 is 0 Å². The number of alkyl halides is 3. The summed E-state index contributed by atoms with van der Waals surface area (Å²) in [5.41, 5.74) is -1.56. The third-order valence-corrected chi connectivity index (χ3v) is 4.27. The van der Waals surface area contributed by atoms with Gasteiger partial charge in [-0.2, -0.15) is 18.3 Å². The number of nitrogens with zero attached hydrogens (tertiary/aromatic N) is 3. The van der Waals surface area contributed by atoms with Gasteiger partial charge in [-0.3, -0.25) is 9.48 Å². The Balaban J connectivity index is 1.74. The topological polar surface area (TPSA) is 50.2 Å². The average Bonchev–Trinajstić information content (AvgIpc) is 2.89. The first-order valence-electron chi connectivity index (χ1n) is 8.38. The Morgan fingerprint density at radius 1 is 1.42 bits per heavy atom. The molecule has 2 rings (SSSR count). The number of nitrogens with one attached hydrogen (secondary N) is 1. The van der Waals surface area contributed by atoms with Crippen molar-refractivity contribution in [2.45, 2.75) is 38.8 Å². The maximum Gasteiger partial charge on any atom is 0.435 e. The SMILES string of the molecule is CC1CCCN(CCCCNC(=O)c2cn(C)nc2C(F)(F)F)C1. The number of aromatic nitrogens is 2. The van der Waals surface area contributed by atoms with E-state index in [0.29, 0.717) is 6.54 Å². The lowest BCUT2D eigenvalue weighted by atomic mass is 10.0. The zero-order valence-electron chi connectivity index (χ0n) is 14.2. The van der Waals surface area contributed by atoms with Crippen molar-refractivity contribution >= 4 is 5.91 Å². The molecule has 1 aliphatic rings. The van der Waals surface area contributed by atoms with Crippen LogP contribution in [0.5, 0.6) is 0 Å². The summed E-state index contributed by atoms with van der Waals surface area (Å²) in [5.74, 6) is 0.00634. The van der Waals surface area contributed by atoms with Gasteiger partial charge in [0.15, 0.2) is 5.69 Å². The molecule has 1 N–H and O–H groups in total. The quantitative estimate of drug-likeness (QED) is 0.806. The minimum absolute atomic E-state index is 0.369. The minimum atomic E-state index is -4.63. The summed E-state index contributed by atoms with van der Waals surface area (Å²) in [6, 6.07) is 0. The Hall–Kier alpha value is -1.57. The lowest BCUT2D eigenvalue weighted by Crippen LogP contribution is -2.35. The highest BCUT2D eigenvalue weighted by molar-refractivity contribution is 5.95. The molecule has 0 spiro atoms. The van der Waals surface area contributed by atoms with Crippen LogP contribution in [0.2, 0.25) is 0 Å². The summed E-state index contributed by atoms with van der Waals surface area (Å²) in [6.07, 6.45) is 0.648. The van der Waals surface area contributed by atoms with Gasteiger partial charge in [0.25, 0.3) is 5.91 Å². The number of likely N-dealkylation sites (tertiary alicyclic amines) is 1. The second-order valence-electron chi connectivity index (χ2n) is 6.57. The van der Waals surface area contributed by atoms with Crippen molar-refractivity contribution in [1.82, 2.24) is 20.0 Å². The lowest BCUT2D eigenvalue weighted by Gasteiger charge is -2.30. The predicted molar refractivity (Wildman–Crippen MR) is 84.6 cm³/mol. The highest BCUT2D eigenvalue weighted by Crippen LogP contribution is 2.30. The predicted octanol–water partition coefficient (Wildman–Crippen LogP) is 2.68. The largest absolute Gasteiger partial charge is 0.435 e. The molecule has 0 saturated carbocycles. The van der Waals surface area contributed by atoms with E-state index in [1.165, 1.54) is 19.9 Å². The van der Waals surface area contributed by atoms with Crippen molar-refractivity contribution in [1.29, 1.82) is 0 Å². The summed E-state index contributed by atoms with van der Waals surface area (Å²) in [5, 5.41) is 5.90. The van der Waals surface area contributed by atoms with Gasteiger partial charge in [-0.15, -0.1) is 0 Å². The highest BCUT2D eigenvalue weighted by Gasteiger charge is 2.38. The minimum Gasteiger partial charge on any atom is -0.352 e. The number of aryl methyl sites for hydroxylation is 1.